The molecule has 6 rings (SSSR count). The van der Waals surface area contributed by atoms with Crippen LogP contribution >= 0.6 is 23.4 Å². The van der Waals surface area contributed by atoms with Gasteiger partial charge in [0.15, 0.2) is 11.6 Å². The van der Waals surface area contributed by atoms with Crippen molar-refractivity contribution in [3.05, 3.63) is 165 Å². The molecular weight excluding hydrogens is 665 g/mol. The maximum absolute atomic E-state index is 14.6. The quantitative estimate of drug-likeness (QED) is 0.108. The molecule has 0 radical (unpaired) electrons. The summed E-state index contributed by atoms with van der Waals surface area (Å²) >= 11 is 7.40. The summed E-state index contributed by atoms with van der Waals surface area (Å²) < 4.78 is 14.6. The van der Waals surface area contributed by atoms with Crippen LogP contribution in [0.1, 0.15) is 47.8 Å². The van der Waals surface area contributed by atoms with E-state index in [1.54, 1.807) is 97.1 Å². The lowest BCUT2D eigenvalue weighted by Crippen LogP contribution is -2.30. The van der Waals surface area contributed by atoms with Gasteiger partial charge in [-0.3, -0.25) is 24.0 Å². The minimum Gasteiger partial charge on any atom is -0.325 e. The number of fused-ring (bicyclic) bond motifs is 2. The van der Waals surface area contributed by atoms with Crippen LogP contribution in [0.4, 0.5) is 15.8 Å². The third kappa shape index (κ3) is 7.35. The van der Waals surface area contributed by atoms with E-state index in [2.05, 4.69) is 16.0 Å². The standard InChI is InChI=1S/C38H25ClFN3O5S/c39-29-13-7-14-30(40)28(29)20-32(43-37(47)22-8-2-1-3-9-22)38(48)41-23-16-18-24(19-17-23)49-21-33(44)42-31-15-6-12-27-34(31)36(46)26-11-5-4-10-25(26)35(27)45/h1-20H,21H2,(H,41,48)(H,42,44)(H,43,47)/b32-20-. The van der Waals surface area contributed by atoms with Gasteiger partial charge in [-0.15, -0.1) is 11.8 Å². The SMILES string of the molecule is O=C(CSc1ccc(NC(=O)/C(=C/c2c(F)cccc2Cl)NC(=O)c2ccccc2)cc1)Nc1cccc2c1C(=O)c1ccccc1C2=O. The van der Waals surface area contributed by atoms with E-state index in [1.807, 2.05) is 0 Å². The predicted octanol–water partition coefficient (Wildman–Crippen LogP) is 7.39. The van der Waals surface area contributed by atoms with Gasteiger partial charge in [0, 0.05) is 38.4 Å². The van der Waals surface area contributed by atoms with Gasteiger partial charge in [-0.05, 0) is 60.7 Å². The Morgan fingerprint density at radius 2 is 1.37 bits per heavy atom. The number of anilines is 2. The number of thioether (sulfide) groups is 1. The van der Waals surface area contributed by atoms with Gasteiger partial charge >= 0.3 is 0 Å². The van der Waals surface area contributed by atoms with Crippen LogP contribution in [0, 0.1) is 5.82 Å². The van der Waals surface area contributed by atoms with E-state index < -0.39 is 17.6 Å². The first kappa shape index (κ1) is 33.1. The lowest BCUT2D eigenvalue weighted by molar-refractivity contribution is -0.114. The van der Waals surface area contributed by atoms with E-state index in [4.69, 9.17) is 11.6 Å². The highest BCUT2D eigenvalue weighted by Gasteiger charge is 2.31. The summed E-state index contributed by atoms with van der Waals surface area (Å²) in [7, 11) is 0. The molecule has 0 unspecified atom stereocenters. The Kier molecular flexibility index (Phi) is 9.79. The topological polar surface area (TPSA) is 121 Å². The summed E-state index contributed by atoms with van der Waals surface area (Å²) in [6, 6.07) is 30.3. The number of rotatable bonds is 9. The van der Waals surface area contributed by atoms with E-state index in [0.717, 1.165) is 0 Å². The van der Waals surface area contributed by atoms with Gasteiger partial charge in [-0.1, -0.05) is 72.3 Å². The van der Waals surface area contributed by atoms with Crippen LogP contribution < -0.4 is 16.0 Å². The Morgan fingerprint density at radius 1 is 0.714 bits per heavy atom. The first-order valence-corrected chi connectivity index (χ1v) is 16.2. The second-order valence-corrected chi connectivity index (χ2v) is 12.2. The molecule has 0 spiro atoms. The molecule has 0 aromatic heterocycles. The Labute approximate surface area is 289 Å². The molecule has 8 nitrogen and oxygen atoms in total. The predicted molar refractivity (Wildman–Crippen MR) is 187 cm³/mol. The lowest BCUT2D eigenvalue weighted by Gasteiger charge is -2.20. The zero-order valence-corrected chi connectivity index (χ0v) is 27.0. The molecule has 0 fully saturated rings. The maximum atomic E-state index is 14.6. The number of ketones is 2. The highest BCUT2D eigenvalue weighted by Crippen LogP contribution is 2.32. The first-order valence-electron chi connectivity index (χ1n) is 14.9. The molecule has 0 bridgehead atoms. The normalized spacial score (nSPS) is 12.1. The molecule has 5 aromatic rings. The Hall–Kier alpha value is -5.84. The number of benzene rings is 5. The molecular formula is C38H25ClFN3O5S. The van der Waals surface area contributed by atoms with Gasteiger partial charge in [0.25, 0.3) is 11.8 Å². The van der Waals surface area contributed by atoms with Crippen molar-refractivity contribution in [2.45, 2.75) is 4.90 Å². The van der Waals surface area contributed by atoms with Crippen molar-refractivity contribution < 1.29 is 28.4 Å². The van der Waals surface area contributed by atoms with Crippen LogP contribution in [0.25, 0.3) is 6.08 Å². The molecule has 3 amide bonds. The van der Waals surface area contributed by atoms with Crippen molar-refractivity contribution in [1.29, 1.82) is 0 Å². The van der Waals surface area contributed by atoms with Gasteiger partial charge in [0.2, 0.25) is 5.91 Å². The van der Waals surface area contributed by atoms with Crippen LogP contribution in [0.5, 0.6) is 0 Å². The molecule has 49 heavy (non-hydrogen) atoms. The molecule has 11 heteroatoms. The maximum Gasteiger partial charge on any atom is 0.272 e. The third-order valence-electron chi connectivity index (χ3n) is 7.53. The zero-order chi connectivity index (χ0) is 34.5. The highest BCUT2D eigenvalue weighted by atomic mass is 35.5. The average molecular weight is 690 g/mol. The van der Waals surface area contributed by atoms with Crippen molar-refractivity contribution >= 4 is 70.1 Å². The molecule has 3 N–H and O–H groups in total. The first-order chi connectivity index (χ1) is 23.7. The molecule has 0 saturated carbocycles. The average Bonchev–Trinajstić information content (AvgIpc) is 3.11. The van der Waals surface area contributed by atoms with Crippen LogP contribution in [-0.4, -0.2) is 35.0 Å². The minimum atomic E-state index is -0.717. The molecule has 1 aliphatic carbocycles. The summed E-state index contributed by atoms with van der Waals surface area (Å²) in [6.07, 6.45) is 1.17. The van der Waals surface area contributed by atoms with Gasteiger partial charge in [0.1, 0.15) is 11.5 Å². The Morgan fingerprint density at radius 3 is 2.08 bits per heavy atom. The summed E-state index contributed by atoms with van der Waals surface area (Å²) in [6.45, 7) is 0. The Balaban J connectivity index is 1.12. The monoisotopic (exact) mass is 689 g/mol. The number of carbonyl (C=O) groups excluding carboxylic acids is 5. The number of hydrogen-bond acceptors (Lipinski definition) is 6. The second-order valence-electron chi connectivity index (χ2n) is 10.8. The molecule has 5 aromatic carbocycles. The number of hydrogen-bond donors (Lipinski definition) is 3. The van der Waals surface area contributed by atoms with Crippen molar-refractivity contribution in [2.24, 2.45) is 0 Å². The van der Waals surface area contributed by atoms with Crippen LogP contribution in [0.2, 0.25) is 5.02 Å². The van der Waals surface area contributed by atoms with E-state index in [1.165, 1.54) is 36.0 Å². The second kappa shape index (κ2) is 14.5. The van der Waals surface area contributed by atoms with Crippen LogP contribution in [0.3, 0.4) is 0 Å². The number of nitrogens with one attached hydrogen (secondary N) is 3. The summed E-state index contributed by atoms with van der Waals surface area (Å²) in [5.41, 5.74) is 1.65. The van der Waals surface area contributed by atoms with Crippen molar-refractivity contribution in [1.82, 2.24) is 5.32 Å². The van der Waals surface area contributed by atoms with Crippen LogP contribution in [0.15, 0.2) is 126 Å². The van der Waals surface area contributed by atoms with Gasteiger partial charge in [-0.25, -0.2) is 4.39 Å². The largest absolute Gasteiger partial charge is 0.325 e. The van der Waals surface area contributed by atoms with E-state index in [9.17, 15) is 28.4 Å². The molecule has 0 heterocycles. The van der Waals surface area contributed by atoms with E-state index in [0.29, 0.717) is 27.3 Å². The molecule has 0 aliphatic heterocycles. The molecule has 0 atom stereocenters. The van der Waals surface area contributed by atoms with E-state index in [-0.39, 0.29) is 56.3 Å². The summed E-state index contributed by atoms with van der Waals surface area (Å²) in [5.74, 6) is -2.96. The number of carbonyl (C=O) groups is 5. The Bertz CT molecular complexity index is 2150. The highest BCUT2D eigenvalue weighted by molar-refractivity contribution is 8.00. The summed E-state index contributed by atoms with van der Waals surface area (Å²) in [5, 5.41) is 8.06. The van der Waals surface area contributed by atoms with Crippen LogP contribution in [-0.2, 0) is 9.59 Å². The fourth-order valence-corrected chi connectivity index (χ4v) is 6.07. The fourth-order valence-electron chi connectivity index (χ4n) is 5.15. The smallest absolute Gasteiger partial charge is 0.272 e. The summed E-state index contributed by atoms with van der Waals surface area (Å²) in [4.78, 5) is 66.1. The third-order valence-corrected chi connectivity index (χ3v) is 8.87. The molecule has 1 aliphatic rings. The van der Waals surface area contributed by atoms with E-state index >= 15 is 0 Å². The molecule has 0 saturated heterocycles. The number of halogens is 2. The van der Waals surface area contributed by atoms with Crippen molar-refractivity contribution in [3.8, 4) is 0 Å². The number of amides is 3. The van der Waals surface area contributed by atoms with Gasteiger partial charge in [0.05, 0.1) is 22.0 Å². The molecule has 242 valence electrons. The van der Waals surface area contributed by atoms with Crippen molar-refractivity contribution in [3.63, 3.8) is 0 Å². The van der Waals surface area contributed by atoms with Gasteiger partial charge in [-0.2, -0.15) is 0 Å². The lowest BCUT2D eigenvalue weighted by atomic mass is 9.83. The fraction of sp³-hybridized carbons (Fsp3) is 0.0263. The van der Waals surface area contributed by atoms with Gasteiger partial charge < -0.3 is 16.0 Å². The minimum absolute atomic E-state index is 0.00407. The van der Waals surface area contributed by atoms with Crippen molar-refractivity contribution in [2.75, 3.05) is 16.4 Å². The zero-order valence-electron chi connectivity index (χ0n) is 25.5.